The minimum absolute atomic E-state index is 0.178. The Morgan fingerprint density at radius 1 is 1.37 bits per heavy atom. The van der Waals surface area contributed by atoms with Gasteiger partial charge in [-0.3, -0.25) is 15.0 Å². The lowest BCUT2D eigenvalue weighted by molar-refractivity contribution is -0.145. The van der Waals surface area contributed by atoms with Crippen LogP contribution in [0.15, 0.2) is 0 Å². The minimum atomic E-state index is -0.828. The Bertz CT molecular complexity index is 297. The molecule has 1 rings (SSSR count). The molecule has 0 radical (unpaired) electrons. The van der Waals surface area contributed by atoms with E-state index in [0.717, 1.165) is 6.54 Å². The van der Waals surface area contributed by atoms with Crippen molar-refractivity contribution in [3.05, 3.63) is 0 Å². The predicted octanol–water partition coefficient (Wildman–Crippen LogP) is 2.48. The Kier molecular flexibility index (Phi) is 5.81. The first kappa shape index (κ1) is 16.4. The zero-order valence-corrected chi connectivity index (χ0v) is 13.1. The van der Waals surface area contributed by atoms with Crippen molar-refractivity contribution in [3.63, 3.8) is 0 Å². The molecule has 3 atom stereocenters. The molecular formula is C15H30N2O2. The summed E-state index contributed by atoms with van der Waals surface area (Å²) in [6.07, 6.45) is 4.39. The summed E-state index contributed by atoms with van der Waals surface area (Å²) in [6.45, 7) is 11.1. The van der Waals surface area contributed by atoms with Crippen LogP contribution in [-0.4, -0.2) is 46.2 Å². The fourth-order valence-corrected chi connectivity index (χ4v) is 3.15. The maximum absolute atomic E-state index is 11.5. The second-order valence-corrected chi connectivity index (χ2v) is 6.55. The van der Waals surface area contributed by atoms with Gasteiger partial charge in [-0.2, -0.15) is 0 Å². The number of carboxylic acids is 1. The number of aliphatic carboxylic acids is 1. The summed E-state index contributed by atoms with van der Waals surface area (Å²) in [4.78, 5) is 14.0. The Labute approximate surface area is 117 Å². The van der Waals surface area contributed by atoms with Crippen LogP contribution >= 0.6 is 0 Å². The molecule has 4 nitrogen and oxygen atoms in total. The van der Waals surface area contributed by atoms with Gasteiger partial charge >= 0.3 is 5.97 Å². The minimum Gasteiger partial charge on any atom is -0.480 e. The molecule has 1 fully saturated rings. The smallest absolute Gasteiger partial charge is 0.323 e. The number of likely N-dealkylation sites (tertiary alicyclic amines) is 1. The molecule has 0 aromatic carbocycles. The van der Waals surface area contributed by atoms with E-state index in [2.05, 4.69) is 24.1 Å². The summed E-state index contributed by atoms with van der Waals surface area (Å²) in [5, 5.41) is 12.7. The summed E-state index contributed by atoms with van der Waals surface area (Å²) in [5.74, 6) is -0.751. The first-order chi connectivity index (χ1) is 8.76. The van der Waals surface area contributed by atoms with Crippen molar-refractivity contribution < 1.29 is 9.90 Å². The van der Waals surface area contributed by atoms with E-state index in [1.54, 1.807) is 6.92 Å². The molecule has 0 amide bonds. The van der Waals surface area contributed by atoms with Gasteiger partial charge in [0.15, 0.2) is 0 Å². The molecule has 2 N–H and O–H groups in total. The molecule has 4 heteroatoms. The first-order valence-electron chi connectivity index (χ1n) is 7.53. The maximum atomic E-state index is 11.5. The molecule has 0 aromatic rings. The zero-order chi connectivity index (χ0) is 14.6. The second-order valence-electron chi connectivity index (χ2n) is 6.55. The highest BCUT2D eigenvalue weighted by Gasteiger charge is 2.35. The third-order valence-corrected chi connectivity index (χ3v) is 4.33. The summed E-state index contributed by atoms with van der Waals surface area (Å²) in [7, 11) is 0. The number of hydrogen-bond acceptors (Lipinski definition) is 3. The van der Waals surface area contributed by atoms with Gasteiger partial charge in [-0.25, -0.2) is 0 Å². The Morgan fingerprint density at radius 2 is 1.89 bits per heavy atom. The lowest BCUT2D eigenvalue weighted by Gasteiger charge is -2.41. The molecule has 0 aliphatic carbocycles. The quantitative estimate of drug-likeness (QED) is 0.778. The van der Waals surface area contributed by atoms with Crippen LogP contribution in [0.25, 0.3) is 0 Å². The Morgan fingerprint density at radius 3 is 2.32 bits per heavy atom. The number of carbonyl (C=O) groups is 1. The molecule has 1 heterocycles. The van der Waals surface area contributed by atoms with Gasteiger partial charge in [0, 0.05) is 24.7 Å². The molecule has 0 bridgehead atoms. The van der Waals surface area contributed by atoms with E-state index in [1.165, 1.54) is 19.3 Å². The third kappa shape index (κ3) is 4.46. The zero-order valence-electron chi connectivity index (χ0n) is 13.1. The van der Waals surface area contributed by atoms with Crippen molar-refractivity contribution in [1.82, 2.24) is 10.2 Å². The molecule has 0 spiro atoms. The van der Waals surface area contributed by atoms with Gasteiger partial charge in [0.25, 0.3) is 0 Å². The van der Waals surface area contributed by atoms with Crippen molar-refractivity contribution in [1.29, 1.82) is 0 Å². The SMILES string of the molecule is CC(C)NC(C)(CCN1[C@H](C)CCC[C@@H]1C)C(=O)O. The van der Waals surface area contributed by atoms with Gasteiger partial charge in [0.2, 0.25) is 0 Å². The summed E-state index contributed by atoms with van der Waals surface area (Å²) in [6, 6.07) is 1.32. The van der Waals surface area contributed by atoms with Crippen molar-refractivity contribution >= 4 is 5.97 Å². The van der Waals surface area contributed by atoms with E-state index in [9.17, 15) is 9.90 Å². The monoisotopic (exact) mass is 270 g/mol. The fourth-order valence-electron chi connectivity index (χ4n) is 3.15. The molecule has 112 valence electrons. The number of nitrogens with zero attached hydrogens (tertiary/aromatic N) is 1. The summed E-state index contributed by atoms with van der Waals surface area (Å²) < 4.78 is 0. The topological polar surface area (TPSA) is 52.6 Å². The normalized spacial score (nSPS) is 28.3. The van der Waals surface area contributed by atoms with Crippen LogP contribution in [0.1, 0.15) is 60.3 Å². The molecule has 1 saturated heterocycles. The van der Waals surface area contributed by atoms with Crippen molar-refractivity contribution in [2.75, 3.05) is 6.54 Å². The average Bonchev–Trinajstić information content (AvgIpc) is 2.27. The summed E-state index contributed by atoms with van der Waals surface area (Å²) >= 11 is 0. The van der Waals surface area contributed by atoms with Crippen molar-refractivity contribution in [2.45, 2.75) is 84.0 Å². The number of piperidine rings is 1. The van der Waals surface area contributed by atoms with Crippen LogP contribution < -0.4 is 5.32 Å². The van der Waals surface area contributed by atoms with Crippen LogP contribution in [0.5, 0.6) is 0 Å². The van der Waals surface area contributed by atoms with Gasteiger partial charge in [0.05, 0.1) is 0 Å². The molecule has 19 heavy (non-hydrogen) atoms. The predicted molar refractivity (Wildman–Crippen MR) is 78.4 cm³/mol. The number of hydrogen-bond donors (Lipinski definition) is 2. The number of rotatable bonds is 6. The molecule has 1 aliphatic heterocycles. The first-order valence-corrected chi connectivity index (χ1v) is 7.53. The molecule has 0 aromatic heterocycles. The Hall–Kier alpha value is -0.610. The lowest BCUT2D eigenvalue weighted by Crippen LogP contribution is -2.55. The third-order valence-electron chi connectivity index (χ3n) is 4.33. The van der Waals surface area contributed by atoms with Gasteiger partial charge in [-0.15, -0.1) is 0 Å². The van der Waals surface area contributed by atoms with E-state index in [1.807, 2.05) is 13.8 Å². The average molecular weight is 270 g/mol. The van der Waals surface area contributed by atoms with Crippen molar-refractivity contribution in [2.24, 2.45) is 0 Å². The van der Waals surface area contributed by atoms with Crippen LogP contribution in [0, 0.1) is 0 Å². The van der Waals surface area contributed by atoms with Gasteiger partial charge in [0.1, 0.15) is 5.54 Å². The van der Waals surface area contributed by atoms with E-state index in [-0.39, 0.29) is 6.04 Å². The highest BCUT2D eigenvalue weighted by atomic mass is 16.4. The van der Waals surface area contributed by atoms with Gasteiger partial charge in [-0.1, -0.05) is 6.42 Å². The lowest BCUT2D eigenvalue weighted by atomic mass is 9.93. The fraction of sp³-hybridized carbons (Fsp3) is 0.933. The van der Waals surface area contributed by atoms with Crippen LogP contribution in [-0.2, 0) is 4.79 Å². The molecule has 1 unspecified atom stereocenters. The van der Waals surface area contributed by atoms with E-state index < -0.39 is 11.5 Å². The molecule has 0 saturated carbocycles. The van der Waals surface area contributed by atoms with Crippen molar-refractivity contribution in [3.8, 4) is 0 Å². The standard InChI is InChI=1S/C15H30N2O2/c1-11(2)16-15(5,14(18)19)9-10-17-12(3)7-6-8-13(17)4/h11-13,16H,6-10H2,1-5H3,(H,18,19)/t12-,13+,15?. The van der Waals surface area contributed by atoms with E-state index >= 15 is 0 Å². The van der Waals surface area contributed by atoms with Crippen LogP contribution in [0.4, 0.5) is 0 Å². The Balaban J connectivity index is 2.62. The van der Waals surface area contributed by atoms with Crippen LogP contribution in [0.3, 0.4) is 0 Å². The van der Waals surface area contributed by atoms with E-state index in [4.69, 9.17) is 0 Å². The highest BCUT2D eigenvalue weighted by Crippen LogP contribution is 2.24. The van der Waals surface area contributed by atoms with E-state index in [0.29, 0.717) is 18.5 Å². The highest BCUT2D eigenvalue weighted by molar-refractivity contribution is 5.78. The second kappa shape index (κ2) is 6.71. The number of nitrogens with one attached hydrogen (secondary N) is 1. The molecule has 1 aliphatic rings. The molecular weight excluding hydrogens is 240 g/mol. The van der Waals surface area contributed by atoms with Crippen LogP contribution in [0.2, 0.25) is 0 Å². The summed E-state index contributed by atoms with van der Waals surface area (Å²) in [5.41, 5.74) is -0.828. The van der Waals surface area contributed by atoms with Gasteiger partial charge < -0.3 is 5.11 Å². The van der Waals surface area contributed by atoms with Gasteiger partial charge in [-0.05, 0) is 53.9 Å². The largest absolute Gasteiger partial charge is 0.480 e. The number of carboxylic acid groups (broad SMARTS) is 1. The maximum Gasteiger partial charge on any atom is 0.323 e.